The van der Waals surface area contributed by atoms with Gasteiger partial charge in [0.1, 0.15) is 0 Å². The van der Waals surface area contributed by atoms with Crippen LogP contribution in [0, 0.1) is 0 Å². The fourth-order valence-electron chi connectivity index (χ4n) is 3.03. The van der Waals surface area contributed by atoms with Gasteiger partial charge in [0.05, 0.1) is 17.2 Å². The number of hydrogen-bond donors (Lipinski definition) is 2. The van der Waals surface area contributed by atoms with E-state index in [-0.39, 0.29) is 11.9 Å². The quantitative estimate of drug-likeness (QED) is 0.590. The van der Waals surface area contributed by atoms with E-state index in [0.29, 0.717) is 28.5 Å². The van der Waals surface area contributed by atoms with Crippen LogP contribution < -0.4 is 10.6 Å². The maximum Gasteiger partial charge on any atom is 0.416 e. The first-order valence-corrected chi connectivity index (χ1v) is 9.01. The first-order valence-electron chi connectivity index (χ1n) is 8.60. The van der Waals surface area contributed by atoms with Crippen molar-refractivity contribution in [1.82, 2.24) is 15.5 Å². The van der Waals surface area contributed by atoms with Gasteiger partial charge in [-0.3, -0.25) is 4.79 Å². The molecule has 1 aromatic rings. The van der Waals surface area contributed by atoms with Gasteiger partial charge < -0.3 is 15.5 Å². The smallest absolute Gasteiger partial charge is 0.351 e. The lowest BCUT2D eigenvalue weighted by atomic mass is 9.93. The molecule has 1 heterocycles. The third-order valence-corrected chi connectivity index (χ3v) is 4.97. The van der Waals surface area contributed by atoms with Crippen molar-refractivity contribution in [3.8, 4) is 0 Å². The van der Waals surface area contributed by atoms with E-state index >= 15 is 0 Å². The summed E-state index contributed by atoms with van der Waals surface area (Å²) in [5.74, 6) is -0.232. The van der Waals surface area contributed by atoms with Crippen LogP contribution in [-0.2, 0) is 11.0 Å². The van der Waals surface area contributed by atoms with Gasteiger partial charge in [0.25, 0.3) is 5.91 Å². The topological polar surface area (TPSA) is 44.4 Å². The number of benzene rings is 1. The maximum absolute atomic E-state index is 12.9. The Bertz CT molecular complexity index is 797. The second kappa shape index (κ2) is 7.34. The highest BCUT2D eigenvalue weighted by Gasteiger charge is 2.36. The van der Waals surface area contributed by atoms with Crippen molar-refractivity contribution in [1.29, 1.82) is 0 Å². The number of allylic oxidation sites excluding steroid dienone is 1. The summed E-state index contributed by atoms with van der Waals surface area (Å²) < 4.78 is 38.6. The molecule has 1 aliphatic heterocycles. The van der Waals surface area contributed by atoms with E-state index in [1.54, 1.807) is 17.9 Å². The fraction of sp³-hybridized carbons (Fsp3) is 0.368. The highest BCUT2D eigenvalue weighted by Crippen LogP contribution is 2.34. The van der Waals surface area contributed by atoms with Gasteiger partial charge >= 0.3 is 6.18 Å². The summed E-state index contributed by atoms with van der Waals surface area (Å²) in [7, 11) is 0. The Morgan fingerprint density at radius 3 is 2.52 bits per heavy atom. The van der Waals surface area contributed by atoms with Crippen molar-refractivity contribution in [3.05, 3.63) is 59.3 Å². The lowest BCUT2D eigenvalue weighted by Gasteiger charge is -2.37. The lowest BCUT2D eigenvalue weighted by Crippen LogP contribution is -2.49. The molecule has 1 saturated carbocycles. The number of halogens is 3. The first kappa shape index (κ1) is 19.4. The molecule has 0 spiro atoms. The van der Waals surface area contributed by atoms with Gasteiger partial charge in [-0.15, -0.1) is 6.58 Å². The minimum Gasteiger partial charge on any atom is -0.351 e. The first-order chi connectivity index (χ1) is 12.7. The molecule has 0 radical (unpaired) electrons. The van der Waals surface area contributed by atoms with Gasteiger partial charge in [-0.25, -0.2) is 0 Å². The van der Waals surface area contributed by atoms with Crippen LogP contribution in [0.4, 0.5) is 13.2 Å². The van der Waals surface area contributed by atoms with E-state index in [2.05, 4.69) is 17.2 Å². The Labute approximate surface area is 161 Å². The molecule has 2 N–H and O–H groups in total. The number of hydrogen-bond acceptors (Lipinski definition) is 2. The van der Waals surface area contributed by atoms with Crippen LogP contribution in [-0.4, -0.2) is 28.5 Å². The number of rotatable bonds is 5. The van der Waals surface area contributed by atoms with E-state index in [1.807, 2.05) is 0 Å². The van der Waals surface area contributed by atoms with Crippen molar-refractivity contribution in [2.75, 3.05) is 6.54 Å². The van der Waals surface area contributed by atoms with Gasteiger partial charge in [0.2, 0.25) is 0 Å². The fourth-order valence-corrected chi connectivity index (χ4v) is 3.36. The van der Waals surface area contributed by atoms with Crippen LogP contribution in [0.25, 0.3) is 0 Å². The SMILES string of the molecule is C=CCN1C(=S)N[C@@H](c2ccc(C(F)(F)F)cc2)C(C(=O)NC2CC2)=C1C. The molecule has 0 saturated heterocycles. The van der Waals surface area contributed by atoms with Crippen LogP contribution in [0.15, 0.2) is 48.2 Å². The molecule has 1 aliphatic carbocycles. The molecular weight excluding hydrogens is 375 g/mol. The van der Waals surface area contributed by atoms with Gasteiger partial charge in [-0.2, -0.15) is 13.2 Å². The van der Waals surface area contributed by atoms with Gasteiger partial charge in [0, 0.05) is 18.3 Å². The van der Waals surface area contributed by atoms with Crippen LogP contribution in [0.3, 0.4) is 0 Å². The highest BCUT2D eigenvalue weighted by molar-refractivity contribution is 7.80. The summed E-state index contributed by atoms with van der Waals surface area (Å²) in [6, 6.07) is 4.34. The Kier molecular flexibility index (Phi) is 5.28. The van der Waals surface area contributed by atoms with Crippen LogP contribution in [0.1, 0.15) is 36.9 Å². The average Bonchev–Trinajstić information content (AvgIpc) is 3.41. The predicted octanol–water partition coefficient (Wildman–Crippen LogP) is 3.68. The number of alkyl halides is 3. The zero-order chi connectivity index (χ0) is 19.8. The molecule has 0 aromatic heterocycles. The van der Waals surface area contributed by atoms with Gasteiger partial charge in [-0.1, -0.05) is 18.2 Å². The summed E-state index contributed by atoms with van der Waals surface area (Å²) in [5, 5.41) is 6.45. The predicted molar refractivity (Wildman–Crippen MR) is 101 cm³/mol. The van der Waals surface area contributed by atoms with Crippen molar-refractivity contribution >= 4 is 23.2 Å². The second-order valence-corrected chi connectivity index (χ2v) is 7.04. The third-order valence-electron chi connectivity index (χ3n) is 4.64. The highest BCUT2D eigenvalue weighted by atomic mass is 32.1. The molecule has 0 bridgehead atoms. The molecule has 1 atom stereocenters. The molecule has 1 fully saturated rings. The molecule has 144 valence electrons. The molecule has 2 aliphatic rings. The number of nitrogens with one attached hydrogen (secondary N) is 2. The number of amides is 1. The van der Waals surface area contributed by atoms with Gasteiger partial charge in [-0.05, 0) is 49.7 Å². The Morgan fingerprint density at radius 1 is 1.37 bits per heavy atom. The summed E-state index contributed by atoms with van der Waals surface area (Å²) >= 11 is 5.39. The monoisotopic (exact) mass is 395 g/mol. The standard InChI is InChI=1S/C19H20F3N3OS/c1-3-10-25-11(2)15(17(26)23-14-8-9-14)16(24-18(25)27)12-4-6-13(7-5-12)19(20,21)22/h3-7,14,16H,1,8-10H2,2H3,(H,23,26)(H,24,27)/t16-/m0/s1. The zero-order valence-electron chi connectivity index (χ0n) is 14.8. The molecule has 4 nitrogen and oxygen atoms in total. The van der Waals surface area contributed by atoms with E-state index < -0.39 is 17.8 Å². The van der Waals surface area contributed by atoms with Crippen LogP contribution in [0.2, 0.25) is 0 Å². The van der Waals surface area contributed by atoms with Crippen molar-refractivity contribution in [2.24, 2.45) is 0 Å². The van der Waals surface area contributed by atoms with E-state index in [1.165, 1.54) is 12.1 Å². The molecule has 8 heteroatoms. The molecule has 1 aromatic carbocycles. The van der Waals surface area contributed by atoms with Crippen LogP contribution in [0.5, 0.6) is 0 Å². The largest absolute Gasteiger partial charge is 0.416 e. The Balaban J connectivity index is 1.99. The van der Waals surface area contributed by atoms with E-state index in [0.717, 1.165) is 25.0 Å². The molecule has 0 unspecified atom stereocenters. The normalized spacial score (nSPS) is 20.4. The Morgan fingerprint density at radius 2 is 2.00 bits per heavy atom. The summed E-state index contributed by atoms with van der Waals surface area (Å²) in [6.45, 7) is 5.92. The lowest BCUT2D eigenvalue weighted by molar-refractivity contribution is -0.137. The molecule has 1 amide bonds. The summed E-state index contributed by atoms with van der Waals surface area (Å²) in [4.78, 5) is 14.6. The van der Waals surface area contributed by atoms with E-state index in [9.17, 15) is 18.0 Å². The van der Waals surface area contributed by atoms with Crippen molar-refractivity contribution in [2.45, 2.75) is 38.0 Å². The summed E-state index contributed by atoms with van der Waals surface area (Å²) in [5.41, 5.74) is 0.935. The zero-order valence-corrected chi connectivity index (χ0v) is 15.6. The minimum atomic E-state index is -4.41. The van der Waals surface area contributed by atoms with Crippen LogP contribution >= 0.6 is 12.2 Å². The molecule has 27 heavy (non-hydrogen) atoms. The molecule has 3 rings (SSSR count). The second-order valence-electron chi connectivity index (χ2n) is 6.65. The third kappa shape index (κ3) is 4.16. The van der Waals surface area contributed by atoms with E-state index in [4.69, 9.17) is 12.2 Å². The summed E-state index contributed by atoms with van der Waals surface area (Å²) in [6.07, 6.45) is -0.866. The maximum atomic E-state index is 12.9. The minimum absolute atomic E-state index is 0.160. The number of carbonyl (C=O) groups is 1. The van der Waals surface area contributed by atoms with Crippen molar-refractivity contribution < 1.29 is 18.0 Å². The van der Waals surface area contributed by atoms with Gasteiger partial charge in [0.15, 0.2) is 5.11 Å². The Hall–Kier alpha value is -2.35. The number of carbonyl (C=O) groups excluding carboxylic acids is 1. The number of nitrogens with zero attached hydrogens (tertiary/aromatic N) is 1. The molecular formula is C19H20F3N3OS. The average molecular weight is 395 g/mol. The number of thiocarbonyl (C=S) groups is 1. The van der Waals surface area contributed by atoms with Crippen molar-refractivity contribution in [3.63, 3.8) is 0 Å².